The first-order chi connectivity index (χ1) is 17.6. The minimum Gasteiger partial charge on any atom is -0.443 e. The maximum absolute atomic E-state index is 15.2. The number of alkyl carbamates (subject to hydrolysis) is 1. The van der Waals surface area contributed by atoms with E-state index < -0.39 is 36.0 Å². The van der Waals surface area contributed by atoms with E-state index in [0.29, 0.717) is 36.3 Å². The number of carbonyl (C=O) groups is 1. The van der Waals surface area contributed by atoms with Crippen LogP contribution >= 0.6 is 0 Å². The summed E-state index contributed by atoms with van der Waals surface area (Å²) in [6, 6.07) is 1.57. The van der Waals surface area contributed by atoms with Crippen LogP contribution in [0.1, 0.15) is 55.0 Å². The number of fused-ring (bicyclic) bond motifs is 1. The number of imidazole rings is 1. The van der Waals surface area contributed by atoms with Crippen molar-refractivity contribution >= 4 is 23.5 Å². The van der Waals surface area contributed by atoms with Gasteiger partial charge in [0.1, 0.15) is 17.8 Å². The number of aromatic amines is 1. The summed E-state index contributed by atoms with van der Waals surface area (Å²) in [5, 5.41) is 12.7. The Morgan fingerprint density at radius 2 is 2.08 bits per heavy atom. The molecule has 3 aromatic rings. The maximum Gasteiger partial charge on any atom is 0.421 e. The lowest BCUT2D eigenvalue weighted by molar-refractivity contribution is -0.136. The molecule has 0 aromatic carbocycles. The lowest BCUT2D eigenvalue weighted by Gasteiger charge is -2.61. The van der Waals surface area contributed by atoms with E-state index in [1.807, 2.05) is 0 Å². The van der Waals surface area contributed by atoms with Crippen molar-refractivity contribution in [3.8, 4) is 0 Å². The van der Waals surface area contributed by atoms with Crippen molar-refractivity contribution in [1.82, 2.24) is 29.9 Å². The van der Waals surface area contributed by atoms with Gasteiger partial charge < -0.3 is 20.1 Å². The molecule has 1 amide bonds. The van der Waals surface area contributed by atoms with Crippen LogP contribution in [-0.2, 0) is 22.3 Å². The van der Waals surface area contributed by atoms with Gasteiger partial charge in [0.2, 0.25) is 5.95 Å². The van der Waals surface area contributed by atoms with Gasteiger partial charge in [-0.2, -0.15) is 18.3 Å². The number of hydrogen-bond acceptors (Lipinski definition) is 7. The fourth-order valence-electron chi connectivity index (χ4n) is 5.63. The summed E-state index contributed by atoms with van der Waals surface area (Å²) in [5.74, 6) is 0.412. The van der Waals surface area contributed by atoms with Gasteiger partial charge >= 0.3 is 12.3 Å². The normalized spacial score (nSPS) is 28.6. The zero-order chi connectivity index (χ0) is 25.9. The molecule has 4 aliphatic carbocycles. The van der Waals surface area contributed by atoms with Gasteiger partial charge in [0.05, 0.1) is 12.3 Å². The molecule has 14 heteroatoms. The van der Waals surface area contributed by atoms with Crippen molar-refractivity contribution in [2.75, 3.05) is 12.4 Å². The van der Waals surface area contributed by atoms with E-state index in [9.17, 15) is 18.0 Å². The fourth-order valence-corrected chi connectivity index (χ4v) is 5.63. The number of methoxy groups -OCH3 is 1. The number of amides is 1. The molecule has 4 saturated carbocycles. The van der Waals surface area contributed by atoms with Crippen LogP contribution in [0.15, 0.2) is 18.5 Å². The summed E-state index contributed by atoms with van der Waals surface area (Å²) in [5.41, 5.74) is -0.688. The van der Waals surface area contributed by atoms with Crippen LogP contribution in [0.4, 0.5) is 34.1 Å². The number of rotatable bonds is 7. The maximum atomic E-state index is 15.2. The Balaban J connectivity index is 1.15. The van der Waals surface area contributed by atoms with Gasteiger partial charge in [-0.1, -0.05) is 0 Å². The molecule has 3 N–H and O–H groups in total. The molecule has 3 heterocycles. The van der Waals surface area contributed by atoms with Gasteiger partial charge in [-0.15, -0.1) is 0 Å². The van der Waals surface area contributed by atoms with Crippen LogP contribution in [0.3, 0.4) is 0 Å². The Hall–Kier alpha value is -3.42. The second-order valence-electron chi connectivity index (χ2n) is 10.1. The average Bonchev–Trinajstić information content (AvgIpc) is 3.49. The number of anilines is 2. The number of H-pyrrole nitrogens is 1. The summed E-state index contributed by atoms with van der Waals surface area (Å²) in [6.07, 6.45) is -1.71. The van der Waals surface area contributed by atoms with E-state index >= 15 is 4.39 Å². The molecule has 198 valence electrons. The Bertz CT molecular complexity index is 1320. The van der Waals surface area contributed by atoms with Crippen molar-refractivity contribution < 1.29 is 31.8 Å². The van der Waals surface area contributed by atoms with Gasteiger partial charge in [0.15, 0.2) is 11.5 Å². The second-order valence-corrected chi connectivity index (χ2v) is 10.1. The lowest BCUT2D eigenvalue weighted by Crippen LogP contribution is -2.68. The number of alkyl halides is 4. The molecule has 10 nitrogen and oxygen atoms in total. The number of carbonyl (C=O) groups excluding carboxylic acids is 1. The van der Waals surface area contributed by atoms with E-state index in [1.165, 1.54) is 17.7 Å². The molecule has 4 aliphatic rings. The van der Waals surface area contributed by atoms with Gasteiger partial charge in [-0.05, 0) is 38.0 Å². The Morgan fingerprint density at radius 1 is 1.30 bits per heavy atom. The van der Waals surface area contributed by atoms with Gasteiger partial charge in [0, 0.05) is 42.7 Å². The van der Waals surface area contributed by atoms with Crippen molar-refractivity contribution in [1.29, 1.82) is 0 Å². The largest absolute Gasteiger partial charge is 0.443 e. The van der Waals surface area contributed by atoms with Crippen LogP contribution in [0.5, 0.6) is 0 Å². The van der Waals surface area contributed by atoms with Crippen molar-refractivity contribution in [2.24, 2.45) is 5.92 Å². The van der Waals surface area contributed by atoms with E-state index in [4.69, 9.17) is 9.47 Å². The number of halogens is 4. The van der Waals surface area contributed by atoms with E-state index in [1.54, 1.807) is 6.07 Å². The first kappa shape index (κ1) is 23.9. The number of ether oxygens (including phenoxy) is 2. The Morgan fingerprint density at radius 3 is 2.76 bits per heavy atom. The molecule has 0 saturated heterocycles. The fraction of sp³-hybridized carbons (Fsp3) is 0.565. The number of hydrogen-bond donors (Lipinski definition) is 3. The minimum absolute atomic E-state index is 0.0211. The van der Waals surface area contributed by atoms with Crippen LogP contribution in [-0.4, -0.2) is 55.6 Å². The quantitative estimate of drug-likeness (QED) is 0.397. The summed E-state index contributed by atoms with van der Waals surface area (Å²) >= 11 is 0. The predicted octanol–water partition coefficient (Wildman–Crippen LogP) is 4.22. The predicted molar refractivity (Wildman–Crippen MR) is 121 cm³/mol. The van der Waals surface area contributed by atoms with Gasteiger partial charge in [0.25, 0.3) is 0 Å². The van der Waals surface area contributed by atoms with Crippen LogP contribution in [0, 0.1) is 5.92 Å². The van der Waals surface area contributed by atoms with E-state index in [2.05, 4.69) is 30.8 Å². The van der Waals surface area contributed by atoms with Crippen LogP contribution in [0.2, 0.25) is 0 Å². The molecule has 3 atom stereocenters. The zero-order valence-corrected chi connectivity index (χ0v) is 19.8. The molecule has 0 spiro atoms. The summed E-state index contributed by atoms with van der Waals surface area (Å²) in [6.45, 7) is 0.0211. The van der Waals surface area contributed by atoms with E-state index in [-0.39, 0.29) is 29.6 Å². The first-order valence-electron chi connectivity index (χ1n) is 12.0. The highest BCUT2D eigenvalue weighted by Gasteiger charge is 2.58. The van der Waals surface area contributed by atoms with E-state index in [0.717, 1.165) is 19.3 Å². The third kappa shape index (κ3) is 4.26. The molecule has 2 bridgehead atoms. The smallest absolute Gasteiger partial charge is 0.421 e. The second kappa shape index (κ2) is 8.57. The molecule has 7 rings (SSSR count). The standard InChI is InChI=1S/C23H25F4N7O3/c1-36-10-12-9-34-19(29-12)14(23(25,26)27)8-28-20(34)30-17-4-15(32-33-17)13-2-3-16(18(13)24)37-21(35)31-22-5-11(6-22)7-22/h4,8-9,11,13,16,18H,2-3,5-7,10H2,1H3,(H,31,35)(H2,28,30,32,33)/t11?,13-,16-,18-,22?/m1/s1. The monoisotopic (exact) mass is 523 g/mol. The van der Waals surface area contributed by atoms with Crippen molar-refractivity contribution in [3.63, 3.8) is 0 Å². The molecule has 3 aromatic heterocycles. The summed E-state index contributed by atoms with van der Waals surface area (Å²) < 4.78 is 67.1. The lowest BCUT2D eigenvalue weighted by atomic mass is 9.50. The van der Waals surface area contributed by atoms with Crippen LogP contribution in [0.25, 0.3) is 5.65 Å². The highest BCUT2D eigenvalue weighted by Crippen LogP contribution is 2.57. The molecule has 0 unspecified atom stereocenters. The molecule has 37 heavy (non-hydrogen) atoms. The third-order valence-electron chi connectivity index (χ3n) is 7.54. The highest BCUT2D eigenvalue weighted by atomic mass is 19.4. The number of aromatic nitrogens is 5. The molecule has 4 fully saturated rings. The van der Waals surface area contributed by atoms with Gasteiger partial charge in [-0.3, -0.25) is 9.50 Å². The summed E-state index contributed by atoms with van der Waals surface area (Å²) in [7, 11) is 1.41. The summed E-state index contributed by atoms with van der Waals surface area (Å²) in [4.78, 5) is 20.2. The SMILES string of the molecule is COCc1cn2c(Nc3cc([C@H]4CC[C@@H](OC(=O)NC56CC(C5)C6)[C@@H]4F)[nH]n3)ncc(C(F)(F)F)c2n1. The number of nitrogens with one attached hydrogen (secondary N) is 3. The average molecular weight is 523 g/mol. The van der Waals surface area contributed by atoms with Gasteiger partial charge in [-0.25, -0.2) is 19.2 Å². The van der Waals surface area contributed by atoms with Crippen molar-refractivity contribution in [2.45, 2.75) is 68.6 Å². The number of nitrogens with zero attached hydrogens (tertiary/aromatic N) is 4. The Kier molecular flexibility index (Phi) is 5.55. The zero-order valence-electron chi connectivity index (χ0n) is 19.8. The van der Waals surface area contributed by atoms with Crippen molar-refractivity contribution in [3.05, 3.63) is 35.4 Å². The topological polar surface area (TPSA) is 118 Å². The van der Waals surface area contributed by atoms with Crippen LogP contribution < -0.4 is 10.6 Å². The molecular formula is C23H25F4N7O3. The Labute approximate surface area is 208 Å². The molecule has 0 radical (unpaired) electrons. The third-order valence-corrected chi connectivity index (χ3v) is 7.54. The highest BCUT2D eigenvalue weighted by molar-refractivity contribution is 5.69. The molecular weight excluding hydrogens is 498 g/mol. The molecule has 0 aliphatic heterocycles. The minimum atomic E-state index is -4.64. The first-order valence-corrected chi connectivity index (χ1v) is 12.0.